The summed E-state index contributed by atoms with van der Waals surface area (Å²) in [5.41, 5.74) is 1.75. The normalized spacial score (nSPS) is 20.6. The third kappa shape index (κ3) is 3.80. The van der Waals surface area contributed by atoms with Crippen LogP contribution in [0, 0.1) is 6.92 Å². The van der Waals surface area contributed by atoms with E-state index >= 15 is 0 Å². The highest BCUT2D eigenvalue weighted by atomic mass is 32.2. The first-order chi connectivity index (χ1) is 12.4. The van der Waals surface area contributed by atoms with Crippen molar-refractivity contribution in [2.75, 3.05) is 31.1 Å². The molecule has 1 spiro atoms. The lowest BCUT2D eigenvalue weighted by atomic mass is 10.0. The first-order valence-corrected chi connectivity index (χ1v) is 12.0. The van der Waals surface area contributed by atoms with Crippen LogP contribution in [0.5, 0.6) is 0 Å². The van der Waals surface area contributed by atoms with Crippen molar-refractivity contribution in [3.05, 3.63) is 35.4 Å². The number of nitrogens with zero attached hydrogens (tertiary/aromatic N) is 2. The number of carbonyl (C=O) groups excluding carboxylic acids is 1. The molecule has 144 valence electrons. The Hall–Kier alpha value is -1.05. The van der Waals surface area contributed by atoms with Gasteiger partial charge in [0, 0.05) is 31.0 Å². The van der Waals surface area contributed by atoms with Crippen LogP contribution in [0.25, 0.3) is 0 Å². The Kier molecular flexibility index (Phi) is 5.99. The fourth-order valence-electron chi connectivity index (χ4n) is 3.84. The summed E-state index contributed by atoms with van der Waals surface area (Å²) < 4.78 is 26.6. The highest BCUT2D eigenvalue weighted by Gasteiger charge is 2.47. The second-order valence-corrected chi connectivity index (χ2v) is 10.7. The Morgan fingerprint density at radius 1 is 1.19 bits per heavy atom. The predicted molar refractivity (Wildman–Crippen MR) is 107 cm³/mol. The van der Waals surface area contributed by atoms with Crippen molar-refractivity contribution in [1.82, 2.24) is 9.21 Å². The lowest BCUT2D eigenvalue weighted by Gasteiger charge is -2.43. The van der Waals surface area contributed by atoms with Crippen molar-refractivity contribution in [3.8, 4) is 0 Å². The molecule has 0 radical (unpaired) electrons. The summed E-state index contributed by atoms with van der Waals surface area (Å²) in [4.78, 5) is 14.9. The fourth-order valence-corrected chi connectivity index (χ4v) is 6.94. The zero-order valence-corrected chi connectivity index (χ0v) is 17.2. The van der Waals surface area contributed by atoms with Crippen LogP contribution >= 0.6 is 11.8 Å². The molecule has 26 heavy (non-hydrogen) atoms. The van der Waals surface area contributed by atoms with Crippen LogP contribution in [0.4, 0.5) is 0 Å². The van der Waals surface area contributed by atoms with Crippen molar-refractivity contribution in [2.45, 2.75) is 44.4 Å². The van der Waals surface area contributed by atoms with Gasteiger partial charge in [-0.05, 0) is 37.8 Å². The van der Waals surface area contributed by atoms with Crippen molar-refractivity contribution in [2.24, 2.45) is 0 Å². The van der Waals surface area contributed by atoms with E-state index in [2.05, 4.69) is 0 Å². The van der Waals surface area contributed by atoms with Crippen molar-refractivity contribution < 1.29 is 13.2 Å². The molecule has 0 atom stereocenters. The summed E-state index contributed by atoms with van der Waals surface area (Å²) in [6.45, 7) is 5.73. The van der Waals surface area contributed by atoms with E-state index in [-0.39, 0.29) is 16.5 Å². The Morgan fingerprint density at radius 3 is 2.54 bits per heavy atom. The summed E-state index contributed by atoms with van der Waals surface area (Å²) in [6, 6.07) is 7.70. The van der Waals surface area contributed by atoms with E-state index in [4.69, 9.17) is 0 Å². The lowest BCUT2D eigenvalue weighted by molar-refractivity contribution is 0.0604. The number of piperidine rings is 1. The number of rotatable bonds is 5. The molecule has 1 aromatic rings. The molecule has 0 aliphatic carbocycles. The van der Waals surface area contributed by atoms with Gasteiger partial charge >= 0.3 is 0 Å². The minimum atomic E-state index is -3.17. The first kappa shape index (κ1) is 19.7. The van der Waals surface area contributed by atoms with Gasteiger partial charge in [0.25, 0.3) is 5.91 Å². The summed E-state index contributed by atoms with van der Waals surface area (Å²) in [5, 5.41) is 0. The predicted octanol–water partition coefficient (Wildman–Crippen LogP) is 3.11. The van der Waals surface area contributed by atoms with Crippen molar-refractivity contribution >= 4 is 27.7 Å². The monoisotopic (exact) mass is 396 g/mol. The topological polar surface area (TPSA) is 57.7 Å². The molecule has 5 nitrogen and oxygen atoms in total. The molecule has 1 aromatic carbocycles. The number of amides is 1. The van der Waals surface area contributed by atoms with Gasteiger partial charge in [0.05, 0.1) is 10.6 Å². The van der Waals surface area contributed by atoms with Crippen LogP contribution < -0.4 is 0 Å². The zero-order chi connectivity index (χ0) is 18.8. The number of aryl methyl sites for hydroxylation is 1. The van der Waals surface area contributed by atoms with E-state index in [1.54, 1.807) is 4.31 Å². The van der Waals surface area contributed by atoms with Crippen LogP contribution in [-0.2, 0) is 10.0 Å². The van der Waals surface area contributed by atoms with Gasteiger partial charge in [-0.25, -0.2) is 12.7 Å². The van der Waals surface area contributed by atoms with Crippen LogP contribution in [0.3, 0.4) is 0 Å². The largest absolute Gasteiger partial charge is 0.323 e. The number of carbonyl (C=O) groups is 1. The van der Waals surface area contributed by atoms with Gasteiger partial charge in [-0.3, -0.25) is 4.79 Å². The van der Waals surface area contributed by atoms with Gasteiger partial charge in [0.1, 0.15) is 0 Å². The summed E-state index contributed by atoms with van der Waals surface area (Å²) in [7, 11) is -3.17. The second-order valence-electron chi connectivity index (χ2n) is 7.13. The van der Waals surface area contributed by atoms with Gasteiger partial charge in [0.15, 0.2) is 0 Å². The lowest BCUT2D eigenvalue weighted by Crippen LogP contribution is -2.53. The smallest absolute Gasteiger partial charge is 0.255 e. The number of thioether (sulfide) groups is 1. The third-order valence-corrected chi connectivity index (χ3v) is 8.96. The molecule has 7 heteroatoms. The average Bonchev–Trinajstić information content (AvgIpc) is 3.03. The Labute approximate surface area is 161 Å². The van der Waals surface area contributed by atoms with Gasteiger partial charge in [-0.2, -0.15) is 0 Å². The van der Waals surface area contributed by atoms with E-state index in [9.17, 15) is 13.2 Å². The van der Waals surface area contributed by atoms with Crippen LogP contribution in [-0.4, -0.2) is 59.5 Å². The summed E-state index contributed by atoms with van der Waals surface area (Å²) in [6.07, 6.45) is 3.00. The van der Waals surface area contributed by atoms with Crippen LogP contribution in [0.2, 0.25) is 0 Å². The van der Waals surface area contributed by atoms with E-state index in [0.717, 1.165) is 29.8 Å². The van der Waals surface area contributed by atoms with E-state index in [1.807, 2.05) is 54.8 Å². The maximum atomic E-state index is 13.1. The number of sulfonamides is 1. The van der Waals surface area contributed by atoms with Gasteiger partial charge in [0.2, 0.25) is 10.0 Å². The molecular weight excluding hydrogens is 368 g/mol. The number of benzene rings is 1. The maximum absolute atomic E-state index is 13.1. The van der Waals surface area contributed by atoms with E-state index in [1.165, 1.54) is 0 Å². The third-order valence-electron chi connectivity index (χ3n) is 5.45. The fraction of sp³-hybridized carbons (Fsp3) is 0.632. The molecule has 2 saturated heterocycles. The molecule has 1 amide bonds. The maximum Gasteiger partial charge on any atom is 0.255 e. The second kappa shape index (κ2) is 7.90. The Bertz CT molecular complexity index is 756. The molecule has 2 aliphatic rings. The quantitative estimate of drug-likeness (QED) is 0.767. The highest BCUT2D eigenvalue weighted by molar-refractivity contribution is 8.00. The summed E-state index contributed by atoms with van der Waals surface area (Å²) in [5.74, 6) is 1.23. The SMILES string of the molecule is CCCCS(=O)(=O)N1CCC2(CC1)SCCN2C(=O)c1ccccc1C. The van der Waals surface area contributed by atoms with E-state index in [0.29, 0.717) is 32.4 Å². The van der Waals surface area contributed by atoms with Crippen molar-refractivity contribution in [3.63, 3.8) is 0 Å². The highest BCUT2D eigenvalue weighted by Crippen LogP contribution is 2.45. The molecule has 0 N–H and O–H groups in total. The molecule has 2 aliphatic heterocycles. The molecule has 0 bridgehead atoms. The number of unbranched alkanes of at least 4 members (excludes halogenated alkanes) is 1. The molecule has 2 fully saturated rings. The van der Waals surface area contributed by atoms with Gasteiger partial charge in [-0.15, -0.1) is 11.8 Å². The Balaban J connectivity index is 1.73. The van der Waals surface area contributed by atoms with E-state index < -0.39 is 10.0 Å². The number of hydrogen-bond donors (Lipinski definition) is 0. The minimum Gasteiger partial charge on any atom is -0.323 e. The first-order valence-electron chi connectivity index (χ1n) is 9.39. The molecule has 0 saturated carbocycles. The average molecular weight is 397 g/mol. The van der Waals surface area contributed by atoms with Crippen LogP contribution in [0.15, 0.2) is 24.3 Å². The van der Waals surface area contributed by atoms with Crippen LogP contribution in [0.1, 0.15) is 48.5 Å². The number of hydrogen-bond acceptors (Lipinski definition) is 4. The zero-order valence-electron chi connectivity index (χ0n) is 15.6. The molecule has 2 heterocycles. The molecule has 0 aromatic heterocycles. The van der Waals surface area contributed by atoms with Gasteiger partial charge < -0.3 is 4.90 Å². The Morgan fingerprint density at radius 2 is 1.88 bits per heavy atom. The molecule has 3 rings (SSSR count). The van der Waals surface area contributed by atoms with Crippen molar-refractivity contribution in [1.29, 1.82) is 0 Å². The molecule has 0 unspecified atom stereocenters. The summed E-state index contributed by atoms with van der Waals surface area (Å²) >= 11 is 1.82. The van der Waals surface area contributed by atoms with Gasteiger partial charge in [-0.1, -0.05) is 31.5 Å². The molecular formula is C19H28N2O3S2. The minimum absolute atomic E-state index is 0.0791. The standard InChI is InChI=1S/C19H28N2O3S2/c1-3-4-15-26(23,24)20-11-9-19(10-12-20)21(13-14-25-19)18(22)17-8-6-5-7-16(17)2/h5-8H,3-4,9-15H2,1-2H3.